The molecule has 2 rings (SSSR count). The van der Waals surface area contributed by atoms with Gasteiger partial charge in [0.15, 0.2) is 0 Å². The first-order chi connectivity index (χ1) is 9.34. The van der Waals surface area contributed by atoms with Gasteiger partial charge in [0.25, 0.3) is 0 Å². The lowest BCUT2D eigenvalue weighted by molar-refractivity contribution is 0.0367. The second kappa shape index (κ2) is 6.01. The van der Waals surface area contributed by atoms with Gasteiger partial charge in [-0.3, -0.25) is 0 Å². The van der Waals surface area contributed by atoms with Crippen molar-refractivity contribution in [3.05, 3.63) is 22.7 Å². The van der Waals surface area contributed by atoms with E-state index in [9.17, 15) is 13.5 Å². The summed E-state index contributed by atoms with van der Waals surface area (Å²) in [5, 5.41) is 9.26. The first-order valence-corrected chi connectivity index (χ1v) is 8.56. The van der Waals surface area contributed by atoms with Crippen LogP contribution in [0.3, 0.4) is 0 Å². The minimum atomic E-state index is -3.51. The maximum Gasteiger partial charge on any atom is 0.242 e. The van der Waals surface area contributed by atoms with Crippen molar-refractivity contribution in [2.45, 2.75) is 23.8 Å². The molecule has 112 valence electrons. The largest absolute Gasteiger partial charge is 0.496 e. The van der Waals surface area contributed by atoms with Crippen LogP contribution in [0, 0.1) is 5.92 Å². The van der Waals surface area contributed by atoms with E-state index < -0.39 is 10.0 Å². The lowest BCUT2D eigenvalue weighted by atomic mass is 9.82. The molecule has 1 N–H and O–H groups in total. The van der Waals surface area contributed by atoms with Crippen LogP contribution in [-0.2, 0) is 10.0 Å². The van der Waals surface area contributed by atoms with Crippen molar-refractivity contribution >= 4 is 26.0 Å². The van der Waals surface area contributed by atoms with Crippen LogP contribution < -0.4 is 4.74 Å². The molecule has 0 aromatic heterocycles. The Hall–Kier alpha value is -0.630. The lowest BCUT2D eigenvalue weighted by Gasteiger charge is -2.34. The van der Waals surface area contributed by atoms with Crippen molar-refractivity contribution in [1.82, 2.24) is 4.31 Å². The zero-order valence-electron chi connectivity index (χ0n) is 11.4. The summed E-state index contributed by atoms with van der Waals surface area (Å²) in [6.07, 6.45) is 1.07. The van der Waals surface area contributed by atoms with Gasteiger partial charge >= 0.3 is 0 Å². The van der Waals surface area contributed by atoms with Crippen molar-refractivity contribution in [3.63, 3.8) is 0 Å². The quantitative estimate of drug-likeness (QED) is 0.866. The van der Waals surface area contributed by atoms with Gasteiger partial charge in [-0.2, -0.15) is 0 Å². The minimum absolute atomic E-state index is 0.229. The Labute approximate surface area is 127 Å². The number of ether oxygens (including phenoxy) is 1. The molecular weight excluding hydrogens is 346 g/mol. The number of benzene rings is 1. The van der Waals surface area contributed by atoms with Crippen LogP contribution in [-0.4, -0.2) is 44.6 Å². The van der Waals surface area contributed by atoms with Crippen LogP contribution in [0.2, 0.25) is 0 Å². The number of halogens is 1. The molecule has 1 aliphatic rings. The molecule has 0 aliphatic heterocycles. The zero-order chi connectivity index (χ0) is 14.9. The van der Waals surface area contributed by atoms with E-state index in [-0.39, 0.29) is 16.9 Å². The molecule has 0 unspecified atom stereocenters. The molecule has 20 heavy (non-hydrogen) atoms. The Balaban J connectivity index is 2.14. The molecule has 1 aromatic rings. The number of nitrogens with zero attached hydrogens (tertiary/aromatic N) is 1. The second-order valence-corrected chi connectivity index (χ2v) is 7.97. The summed E-state index contributed by atoms with van der Waals surface area (Å²) in [4.78, 5) is 0.229. The second-order valence-electron chi connectivity index (χ2n) is 5.07. The Bertz CT molecular complexity index is 584. The van der Waals surface area contributed by atoms with Crippen LogP contribution in [0.4, 0.5) is 0 Å². The van der Waals surface area contributed by atoms with E-state index >= 15 is 0 Å². The molecule has 7 heteroatoms. The first-order valence-electron chi connectivity index (χ1n) is 6.32. The maximum absolute atomic E-state index is 12.4. The van der Waals surface area contributed by atoms with Gasteiger partial charge in [0.05, 0.1) is 22.6 Å². The van der Waals surface area contributed by atoms with Gasteiger partial charge in [-0.25, -0.2) is 12.7 Å². The molecule has 0 amide bonds. The molecule has 0 atom stereocenters. The van der Waals surface area contributed by atoms with Gasteiger partial charge in [0.2, 0.25) is 10.0 Å². The van der Waals surface area contributed by atoms with Gasteiger partial charge in [-0.15, -0.1) is 0 Å². The first kappa shape index (κ1) is 15.8. The van der Waals surface area contributed by atoms with Crippen molar-refractivity contribution in [3.8, 4) is 5.75 Å². The third-order valence-electron chi connectivity index (χ3n) is 3.56. The summed E-state index contributed by atoms with van der Waals surface area (Å²) < 4.78 is 31.9. The highest BCUT2D eigenvalue weighted by Gasteiger charge is 2.31. The molecule has 0 radical (unpaired) electrons. The fraction of sp³-hybridized carbons (Fsp3) is 0.538. The summed E-state index contributed by atoms with van der Waals surface area (Å²) in [5.41, 5.74) is 0. The Morgan fingerprint density at radius 1 is 1.45 bits per heavy atom. The number of methoxy groups -OCH3 is 1. The van der Waals surface area contributed by atoms with E-state index in [0.29, 0.717) is 29.6 Å². The summed E-state index contributed by atoms with van der Waals surface area (Å²) in [6.45, 7) is 0.434. The summed E-state index contributed by atoms with van der Waals surface area (Å²) in [7, 11) is -0.411. The summed E-state index contributed by atoms with van der Waals surface area (Å²) in [5.74, 6) is 0.834. The average Bonchev–Trinajstić information content (AvgIpc) is 2.36. The molecule has 5 nitrogen and oxygen atoms in total. The van der Waals surface area contributed by atoms with Crippen molar-refractivity contribution in [1.29, 1.82) is 0 Å². The summed E-state index contributed by atoms with van der Waals surface area (Å²) in [6, 6.07) is 4.70. The van der Waals surface area contributed by atoms with E-state index in [1.165, 1.54) is 17.5 Å². The SMILES string of the molecule is COc1ccc(S(=O)(=O)N(C)CC2CC(O)C2)cc1Br. The average molecular weight is 364 g/mol. The highest BCUT2D eigenvalue weighted by atomic mass is 79.9. The highest BCUT2D eigenvalue weighted by molar-refractivity contribution is 9.10. The molecular formula is C13H18BrNO4S. The van der Waals surface area contributed by atoms with E-state index in [1.807, 2.05) is 0 Å². The lowest BCUT2D eigenvalue weighted by Crippen LogP contribution is -2.39. The van der Waals surface area contributed by atoms with Crippen LogP contribution >= 0.6 is 15.9 Å². The third kappa shape index (κ3) is 3.16. The number of hydrogen-bond donors (Lipinski definition) is 1. The van der Waals surface area contributed by atoms with Crippen molar-refractivity contribution in [2.75, 3.05) is 20.7 Å². The van der Waals surface area contributed by atoms with Crippen LogP contribution in [0.25, 0.3) is 0 Å². The van der Waals surface area contributed by atoms with Gasteiger partial charge in [0.1, 0.15) is 5.75 Å². The molecule has 0 bridgehead atoms. The van der Waals surface area contributed by atoms with Crippen LogP contribution in [0.5, 0.6) is 5.75 Å². The van der Waals surface area contributed by atoms with E-state index in [2.05, 4.69) is 15.9 Å². The topological polar surface area (TPSA) is 66.8 Å². The number of aliphatic hydroxyl groups is 1. The smallest absolute Gasteiger partial charge is 0.242 e. The Morgan fingerprint density at radius 3 is 2.60 bits per heavy atom. The molecule has 1 aliphatic carbocycles. The molecule has 1 aromatic carbocycles. The third-order valence-corrected chi connectivity index (χ3v) is 6.00. The van der Waals surface area contributed by atoms with Gasteiger partial charge in [-0.1, -0.05) is 0 Å². The zero-order valence-corrected chi connectivity index (χ0v) is 13.8. The van der Waals surface area contributed by atoms with E-state index in [4.69, 9.17) is 4.74 Å². The van der Waals surface area contributed by atoms with E-state index in [0.717, 1.165) is 0 Å². The number of aliphatic hydroxyl groups excluding tert-OH is 1. The van der Waals surface area contributed by atoms with Crippen molar-refractivity contribution in [2.24, 2.45) is 5.92 Å². The fourth-order valence-electron chi connectivity index (χ4n) is 2.30. The van der Waals surface area contributed by atoms with Crippen LogP contribution in [0.15, 0.2) is 27.6 Å². The fourth-order valence-corrected chi connectivity index (χ4v) is 4.26. The molecule has 1 fully saturated rings. The Kier molecular flexibility index (Phi) is 4.73. The predicted molar refractivity (Wildman–Crippen MR) is 79.2 cm³/mol. The number of rotatable bonds is 5. The minimum Gasteiger partial charge on any atom is -0.496 e. The number of sulfonamides is 1. The monoisotopic (exact) mass is 363 g/mol. The van der Waals surface area contributed by atoms with Gasteiger partial charge in [0, 0.05) is 13.6 Å². The molecule has 0 heterocycles. The highest BCUT2D eigenvalue weighted by Crippen LogP contribution is 2.31. The normalized spacial score (nSPS) is 22.6. The van der Waals surface area contributed by atoms with E-state index in [1.54, 1.807) is 19.2 Å². The van der Waals surface area contributed by atoms with Crippen LogP contribution in [0.1, 0.15) is 12.8 Å². The Morgan fingerprint density at radius 2 is 2.10 bits per heavy atom. The predicted octanol–water partition coefficient (Wildman–Crippen LogP) is 1.85. The van der Waals surface area contributed by atoms with Crippen molar-refractivity contribution < 1.29 is 18.3 Å². The molecule has 0 spiro atoms. The van der Waals surface area contributed by atoms with Gasteiger partial charge < -0.3 is 9.84 Å². The maximum atomic E-state index is 12.4. The molecule has 1 saturated carbocycles. The standard InChI is InChI=1S/C13H18BrNO4S/c1-15(8-9-5-10(16)6-9)20(17,18)11-3-4-13(19-2)12(14)7-11/h3-4,7,9-10,16H,5-6,8H2,1-2H3. The van der Waals surface area contributed by atoms with Gasteiger partial charge in [-0.05, 0) is 52.9 Å². The number of hydrogen-bond acceptors (Lipinski definition) is 4. The molecule has 0 saturated heterocycles. The summed E-state index contributed by atoms with van der Waals surface area (Å²) >= 11 is 3.29.